The van der Waals surface area contributed by atoms with Crippen LogP contribution in [0.2, 0.25) is 0 Å². The minimum absolute atomic E-state index is 0. The van der Waals surface area contributed by atoms with Crippen molar-refractivity contribution < 1.29 is 20.1 Å². The fourth-order valence-electron chi connectivity index (χ4n) is 2.40. The second-order valence-electron chi connectivity index (χ2n) is 4.44. The molecule has 0 aliphatic carbocycles. The third-order valence-electron chi connectivity index (χ3n) is 3.32. The van der Waals surface area contributed by atoms with Crippen LogP contribution in [0.25, 0.3) is 27.3 Å². The van der Waals surface area contributed by atoms with E-state index in [4.69, 9.17) is 0 Å². The van der Waals surface area contributed by atoms with Gasteiger partial charge in [-0.2, -0.15) is 0 Å². The van der Waals surface area contributed by atoms with Gasteiger partial charge in [0, 0.05) is 20.1 Å². The van der Waals surface area contributed by atoms with Crippen LogP contribution in [0, 0.1) is 6.07 Å². The maximum absolute atomic E-state index is 12.4. The van der Waals surface area contributed by atoms with E-state index >= 15 is 0 Å². The van der Waals surface area contributed by atoms with Gasteiger partial charge in [-0.05, 0) is 18.3 Å². The molecule has 0 aliphatic rings. The molecule has 0 N–H and O–H groups in total. The maximum atomic E-state index is 12.4. The average Bonchev–Trinajstić information content (AvgIpc) is 2.47. The molecule has 0 saturated heterocycles. The zero-order valence-electron chi connectivity index (χ0n) is 10.3. The third kappa shape index (κ3) is 1.77. The van der Waals surface area contributed by atoms with Crippen LogP contribution in [0.4, 0.5) is 0 Å². The Morgan fingerprint density at radius 2 is 1.90 bits per heavy atom. The topological polar surface area (TPSA) is 34.4 Å². The van der Waals surface area contributed by atoms with Gasteiger partial charge < -0.3 is 4.40 Å². The van der Waals surface area contributed by atoms with Crippen molar-refractivity contribution in [2.75, 3.05) is 0 Å². The summed E-state index contributed by atoms with van der Waals surface area (Å²) in [5.74, 6) is 0. The second kappa shape index (κ2) is 4.82. The Bertz CT molecular complexity index is 992. The van der Waals surface area contributed by atoms with Crippen molar-refractivity contribution in [3.63, 3.8) is 0 Å². The molecule has 0 amide bonds. The van der Waals surface area contributed by atoms with E-state index < -0.39 is 0 Å². The molecule has 0 aliphatic heterocycles. The molecule has 4 aromatic rings. The largest absolute Gasteiger partial charge is 0.309 e. The Kier molecular flexibility index (Phi) is 3.13. The van der Waals surface area contributed by atoms with Crippen LogP contribution < -0.4 is 5.56 Å². The fraction of sp³-hybridized carbons (Fsp3) is 0. The standard InChI is InChI=1S/C16H9N2O.Ir/c19-16-13-7-3-4-8-14(13)17-15-12-6-2-1-5-11(12)9-10-18(15)16;/h1-5,7-10H;/q-1;. The number of hydrogen-bond donors (Lipinski definition) is 0. The summed E-state index contributed by atoms with van der Waals surface area (Å²) in [5, 5.41) is 2.54. The Hall–Kier alpha value is -2.03. The van der Waals surface area contributed by atoms with Gasteiger partial charge in [0.05, 0.1) is 16.6 Å². The number of rotatable bonds is 0. The van der Waals surface area contributed by atoms with Gasteiger partial charge >= 0.3 is 0 Å². The molecule has 4 rings (SSSR count). The van der Waals surface area contributed by atoms with Gasteiger partial charge in [0.15, 0.2) is 0 Å². The molecule has 3 nitrogen and oxygen atoms in total. The van der Waals surface area contributed by atoms with Crippen molar-refractivity contribution in [1.29, 1.82) is 0 Å². The van der Waals surface area contributed by atoms with E-state index in [9.17, 15) is 4.79 Å². The summed E-state index contributed by atoms with van der Waals surface area (Å²) in [6.45, 7) is 0. The Morgan fingerprint density at radius 3 is 2.80 bits per heavy atom. The normalized spacial score (nSPS) is 10.8. The molecule has 2 heterocycles. The summed E-state index contributed by atoms with van der Waals surface area (Å²) in [5.41, 5.74) is 1.33. The van der Waals surface area contributed by atoms with Crippen molar-refractivity contribution in [3.05, 3.63) is 71.1 Å². The summed E-state index contributed by atoms with van der Waals surface area (Å²) >= 11 is 0. The molecule has 0 unspecified atom stereocenters. The first kappa shape index (κ1) is 13.0. The first-order chi connectivity index (χ1) is 9.34. The molecular formula is C16H9IrN2O-. The third-order valence-corrected chi connectivity index (χ3v) is 3.32. The summed E-state index contributed by atoms with van der Waals surface area (Å²) in [7, 11) is 0. The molecule has 2 aromatic carbocycles. The van der Waals surface area contributed by atoms with Gasteiger partial charge in [0.2, 0.25) is 0 Å². The smallest absolute Gasteiger partial charge is 0.257 e. The monoisotopic (exact) mass is 438 g/mol. The van der Waals surface area contributed by atoms with E-state index in [-0.39, 0.29) is 25.7 Å². The Labute approximate surface area is 128 Å². The van der Waals surface area contributed by atoms with E-state index in [0.29, 0.717) is 11.0 Å². The van der Waals surface area contributed by atoms with Crippen molar-refractivity contribution in [2.45, 2.75) is 0 Å². The van der Waals surface area contributed by atoms with Crippen LogP contribution >= 0.6 is 0 Å². The average molecular weight is 437 g/mol. The van der Waals surface area contributed by atoms with E-state index in [1.54, 1.807) is 16.7 Å². The summed E-state index contributed by atoms with van der Waals surface area (Å²) < 4.78 is 1.58. The molecule has 2 aromatic heterocycles. The Morgan fingerprint density at radius 1 is 1.05 bits per heavy atom. The minimum atomic E-state index is -0.0419. The predicted octanol–water partition coefficient (Wildman–Crippen LogP) is 2.80. The number of benzene rings is 2. The number of aromatic nitrogens is 2. The van der Waals surface area contributed by atoms with Gasteiger partial charge in [0.25, 0.3) is 5.56 Å². The van der Waals surface area contributed by atoms with E-state index in [2.05, 4.69) is 11.1 Å². The summed E-state index contributed by atoms with van der Waals surface area (Å²) in [6, 6.07) is 18.2. The van der Waals surface area contributed by atoms with Crippen LogP contribution in [0.15, 0.2) is 59.5 Å². The number of hydrogen-bond acceptors (Lipinski definition) is 2. The van der Waals surface area contributed by atoms with Crippen LogP contribution in [-0.2, 0) is 20.1 Å². The predicted molar refractivity (Wildman–Crippen MR) is 75.3 cm³/mol. The molecule has 0 saturated carbocycles. The van der Waals surface area contributed by atoms with Crippen molar-refractivity contribution in [2.24, 2.45) is 0 Å². The van der Waals surface area contributed by atoms with E-state index in [0.717, 1.165) is 16.3 Å². The fourth-order valence-corrected chi connectivity index (χ4v) is 2.40. The van der Waals surface area contributed by atoms with Gasteiger partial charge in [-0.15, -0.1) is 35.0 Å². The molecule has 99 valence electrons. The molecule has 1 radical (unpaired) electrons. The number of fused-ring (bicyclic) bond motifs is 4. The minimum Gasteiger partial charge on any atom is -0.309 e. The Balaban J connectivity index is 0.00000121. The van der Waals surface area contributed by atoms with Crippen LogP contribution in [0.3, 0.4) is 0 Å². The quantitative estimate of drug-likeness (QED) is 0.241. The molecule has 0 fully saturated rings. The molecule has 0 spiro atoms. The number of para-hydroxylation sites is 1. The zero-order chi connectivity index (χ0) is 12.8. The molecule has 4 heteroatoms. The first-order valence-corrected chi connectivity index (χ1v) is 6.05. The molecular weight excluding hydrogens is 428 g/mol. The van der Waals surface area contributed by atoms with Crippen LogP contribution in [-0.4, -0.2) is 9.38 Å². The maximum Gasteiger partial charge on any atom is 0.257 e. The van der Waals surface area contributed by atoms with Gasteiger partial charge in [0.1, 0.15) is 0 Å². The number of nitrogens with zero attached hydrogens (tertiary/aromatic N) is 2. The summed E-state index contributed by atoms with van der Waals surface area (Å²) in [4.78, 5) is 17.0. The van der Waals surface area contributed by atoms with E-state index in [1.165, 1.54) is 0 Å². The molecule has 0 atom stereocenters. The summed E-state index contributed by atoms with van der Waals surface area (Å²) in [6.07, 6.45) is 1.77. The second-order valence-corrected chi connectivity index (χ2v) is 4.44. The number of pyridine rings is 1. The SMILES string of the molecule is O=c1c2ccccc2nc2c3[c-]cccc3ccn12.[Ir]. The molecule has 0 bridgehead atoms. The van der Waals surface area contributed by atoms with Crippen LogP contribution in [0.5, 0.6) is 0 Å². The first-order valence-electron chi connectivity index (χ1n) is 6.05. The van der Waals surface area contributed by atoms with Crippen molar-refractivity contribution in [3.8, 4) is 0 Å². The van der Waals surface area contributed by atoms with Crippen molar-refractivity contribution in [1.82, 2.24) is 9.38 Å². The van der Waals surface area contributed by atoms with Crippen molar-refractivity contribution >= 4 is 27.3 Å². The van der Waals surface area contributed by atoms with E-state index in [1.807, 2.05) is 42.5 Å². The van der Waals surface area contributed by atoms with Gasteiger partial charge in [-0.3, -0.25) is 9.78 Å². The van der Waals surface area contributed by atoms with Gasteiger partial charge in [-0.1, -0.05) is 18.2 Å². The van der Waals surface area contributed by atoms with Crippen LogP contribution in [0.1, 0.15) is 0 Å². The zero-order valence-corrected chi connectivity index (χ0v) is 12.7. The molecule has 20 heavy (non-hydrogen) atoms. The van der Waals surface area contributed by atoms with Gasteiger partial charge in [-0.25, -0.2) is 0 Å².